The molecule has 7 heteroatoms. The second-order valence-corrected chi connectivity index (χ2v) is 8.65. The summed E-state index contributed by atoms with van der Waals surface area (Å²) in [6, 6.07) is 7.61. The molecule has 1 aromatic rings. The summed E-state index contributed by atoms with van der Waals surface area (Å²) < 4.78 is 31.2. The zero-order valence-corrected chi connectivity index (χ0v) is 16.1. The maximum Gasteiger partial charge on any atom is 0.227 e. The monoisotopic (exact) mass is 368 g/mol. The lowest BCUT2D eigenvalue weighted by Crippen LogP contribution is -2.46. The highest BCUT2D eigenvalue weighted by molar-refractivity contribution is 7.89. The van der Waals surface area contributed by atoms with Crippen LogP contribution in [0.3, 0.4) is 0 Å². The lowest BCUT2D eigenvalue weighted by atomic mass is 9.98. The van der Waals surface area contributed by atoms with Crippen LogP contribution in [0.1, 0.15) is 31.7 Å². The van der Waals surface area contributed by atoms with E-state index in [1.165, 1.54) is 4.31 Å². The molecule has 1 aliphatic heterocycles. The average molecular weight is 368 g/mol. The van der Waals surface area contributed by atoms with Gasteiger partial charge in [0.25, 0.3) is 0 Å². The number of methoxy groups -OCH3 is 1. The Balaban J connectivity index is 2.01. The van der Waals surface area contributed by atoms with Gasteiger partial charge in [-0.1, -0.05) is 19.1 Å². The first kappa shape index (κ1) is 19.7. The van der Waals surface area contributed by atoms with E-state index in [0.29, 0.717) is 26.1 Å². The molecular weight excluding hydrogens is 340 g/mol. The number of amides is 1. The van der Waals surface area contributed by atoms with Crippen LogP contribution in [0.4, 0.5) is 0 Å². The standard InChI is InChI=1S/C18H28N2O4S/c1-4-11-25(22,23)20-10-6-8-16(14-20)18(21)19(2)13-15-7-5-9-17(12-15)24-3/h5,7,9,12,16H,4,6,8,10-11,13-14H2,1-3H3. The van der Waals surface area contributed by atoms with Gasteiger partial charge in [0, 0.05) is 26.7 Å². The van der Waals surface area contributed by atoms with E-state index in [2.05, 4.69) is 0 Å². The van der Waals surface area contributed by atoms with Crippen LogP contribution in [-0.2, 0) is 21.4 Å². The SMILES string of the molecule is CCCS(=O)(=O)N1CCCC(C(=O)N(C)Cc2cccc(OC)c2)C1. The van der Waals surface area contributed by atoms with E-state index in [1.54, 1.807) is 19.1 Å². The first-order chi connectivity index (χ1) is 11.9. The molecule has 1 saturated heterocycles. The van der Waals surface area contributed by atoms with Crippen LogP contribution in [0, 0.1) is 5.92 Å². The van der Waals surface area contributed by atoms with Crippen molar-refractivity contribution in [2.45, 2.75) is 32.7 Å². The van der Waals surface area contributed by atoms with E-state index >= 15 is 0 Å². The Morgan fingerprint density at radius 1 is 1.40 bits per heavy atom. The molecule has 0 radical (unpaired) electrons. The van der Waals surface area contributed by atoms with Crippen LogP contribution >= 0.6 is 0 Å². The number of nitrogens with zero attached hydrogens (tertiary/aromatic N) is 2. The molecule has 0 bridgehead atoms. The van der Waals surface area contributed by atoms with Crippen molar-refractivity contribution in [1.29, 1.82) is 0 Å². The Bertz CT molecular complexity index is 690. The lowest BCUT2D eigenvalue weighted by Gasteiger charge is -2.33. The molecule has 25 heavy (non-hydrogen) atoms. The number of sulfonamides is 1. The summed E-state index contributed by atoms with van der Waals surface area (Å²) in [5.74, 6) is 0.635. The van der Waals surface area contributed by atoms with Crippen molar-refractivity contribution in [2.75, 3.05) is 33.0 Å². The zero-order valence-electron chi connectivity index (χ0n) is 15.3. The molecule has 1 aromatic carbocycles. The Morgan fingerprint density at radius 3 is 2.84 bits per heavy atom. The minimum absolute atomic E-state index is 0.000724. The van der Waals surface area contributed by atoms with E-state index in [-0.39, 0.29) is 17.6 Å². The van der Waals surface area contributed by atoms with Crippen molar-refractivity contribution < 1.29 is 17.9 Å². The molecule has 1 unspecified atom stereocenters. The van der Waals surface area contributed by atoms with Crippen LogP contribution in [0.5, 0.6) is 5.75 Å². The number of ether oxygens (including phenoxy) is 1. The van der Waals surface area contributed by atoms with E-state index in [1.807, 2.05) is 31.2 Å². The number of carbonyl (C=O) groups is 1. The average Bonchev–Trinajstić information content (AvgIpc) is 2.61. The fraction of sp³-hybridized carbons (Fsp3) is 0.611. The summed E-state index contributed by atoms with van der Waals surface area (Å²) in [5, 5.41) is 0. The summed E-state index contributed by atoms with van der Waals surface area (Å²) in [6.07, 6.45) is 2.05. The number of rotatable bonds is 7. The van der Waals surface area contributed by atoms with Gasteiger partial charge >= 0.3 is 0 Å². The van der Waals surface area contributed by atoms with Crippen LogP contribution in [0.25, 0.3) is 0 Å². The predicted molar refractivity (Wildman–Crippen MR) is 97.8 cm³/mol. The topological polar surface area (TPSA) is 66.9 Å². The highest BCUT2D eigenvalue weighted by Gasteiger charge is 2.33. The van der Waals surface area contributed by atoms with Gasteiger partial charge in [0.2, 0.25) is 15.9 Å². The van der Waals surface area contributed by atoms with E-state index in [4.69, 9.17) is 4.74 Å². The van der Waals surface area contributed by atoms with Gasteiger partial charge in [-0.05, 0) is 37.0 Å². The Morgan fingerprint density at radius 2 is 2.16 bits per heavy atom. The minimum atomic E-state index is -3.25. The Kier molecular flexibility index (Phi) is 6.84. The fourth-order valence-electron chi connectivity index (χ4n) is 3.22. The van der Waals surface area contributed by atoms with Crippen LogP contribution < -0.4 is 4.74 Å². The predicted octanol–water partition coefficient (Wildman–Crippen LogP) is 2.11. The number of piperidine rings is 1. The van der Waals surface area contributed by atoms with Crippen molar-refractivity contribution in [3.63, 3.8) is 0 Å². The van der Waals surface area contributed by atoms with E-state index in [9.17, 15) is 13.2 Å². The summed E-state index contributed by atoms with van der Waals surface area (Å²) >= 11 is 0. The smallest absolute Gasteiger partial charge is 0.227 e. The molecular formula is C18H28N2O4S. The van der Waals surface area contributed by atoms with Crippen molar-refractivity contribution in [3.05, 3.63) is 29.8 Å². The number of carbonyl (C=O) groups excluding carboxylic acids is 1. The number of hydrogen-bond donors (Lipinski definition) is 0. The van der Waals surface area contributed by atoms with Crippen molar-refractivity contribution in [3.8, 4) is 5.75 Å². The molecule has 1 heterocycles. The lowest BCUT2D eigenvalue weighted by molar-refractivity contribution is -0.135. The fourth-order valence-corrected chi connectivity index (χ4v) is 4.81. The molecule has 1 aliphatic rings. The largest absolute Gasteiger partial charge is 0.497 e. The molecule has 140 valence electrons. The van der Waals surface area contributed by atoms with Gasteiger partial charge in [-0.3, -0.25) is 4.79 Å². The van der Waals surface area contributed by atoms with Crippen molar-refractivity contribution in [1.82, 2.24) is 9.21 Å². The second kappa shape index (κ2) is 8.67. The Hall–Kier alpha value is -1.60. The first-order valence-corrected chi connectivity index (χ1v) is 10.3. The molecule has 0 aliphatic carbocycles. The van der Waals surface area contributed by atoms with Gasteiger partial charge in [0.1, 0.15) is 5.75 Å². The summed E-state index contributed by atoms with van der Waals surface area (Å²) in [5.41, 5.74) is 0.987. The summed E-state index contributed by atoms with van der Waals surface area (Å²) in [7, 11) is 0.130. The molecule has 0 aromatic heterocycles. The van der Waals surface area contributed by atoms with Gasteiger partial charge in [-0.2, -0.15) is 0 Å². The normalized spacial score (nSPS) is 18.8. The van der Waals surface area contributed by atoms with E-state index < -0.39 is 10.0 Å². The first-order valence-electron chi connectivity index (χ1n) is 8.73. The quantitative estimate of drug-likeness (QED) is 0.739. The third kappa shape index (κ3) is 5.19. The third-order valence-electron chi connectivity index (χ3n) is 4.52. The van der Waals surface area contributed by atoms with Gasteiger partial charge in [-0.25, -0.2) is 12.7 Å². The highest BCUT2D eigenvalue weighted by Crippen LogP contribution is 2.22. The van der Waals surface area contributed by atoms with Crippen molar-refractivity contribution >= 4 is 15.9 Å². The molecule has 2 rings (SSSR count). The highest BCUT2D eigenvalue weighted by atomic mass is 32.2. The van der Waals surface area contributed by atoms with Gasteiger partial charge in [-0.15, -0.1) is 0 Å². The number of hydrogen-bond acceptors (Lipinski definition) is 4. The van der Waals surface area contributed by atoms with Gasteiger partial charge < -0.3 is 9.64 Å². The van der Waals surface area contributed by atoms with Gasteiger partial charge in [0.05, 0.1) is 18.8 Å². The van der Waals surface area contributed by atoms with Crippen molar-refractivity contribution in [2.24, 2.45) is 5.92 Å². The van der Waals surface area contributed by atoms with Crippen LogP contribution in [0.2, 0.25) is 0 Å². The van der Waals surface area contributed by atoms with Crippen LogP contribution in [-0.4, -0.2) is 56.5 Å². The molecule has 1 atom stereocenters. The zero-order chi connectivity index (χ0) is 18.4. The van der Waals surface area contributed by atoms with Gasteiger partial charge in [0.15, 0.2) is 0 Å². The second-order valence-electron chi connectivity index (χ2n) is 6.56. The molecule has 0 N–H and O–H groups in total. The van der Waals surface area contributed by atoms with E-state index in [0.717, 1.165) is 24.2 Å². The summed E-state index contributed by atoms with van der Waals surface area (Å²) in [4.78, 5) is 14.4. The van der Waals surface area contributed by atoms with Crippen LogP contribution in [0.15, 0.2) is 24.3 Å². The minimum Gasteiger partial charge on any atom is -0.497 e. The Labute approximate surface area is 150 Å². The molecule has 0 spiro atoms. The molecule has 6 nitrogen and oxygen atoms in total. The maximum atomic E-state index is 12.8. The maximum absolute atomic E-state index is 12.8. The molecule has 1 amide bonds. The molecule has 0 saturated carbocycles. The third-order valence-corrected chi connectivity index (χ3v) is 6.56. The summed E-state index contributed by atoms with van der Waals surface area (Å²) in [6.45, 7) is 3.15. The number of benzene rings is 1. The molecule has 1 fully saturated rings.